The summed E-state index contributed by atoms with van der Waals surface area (Å²) in [6.45, 7) is -0.218. The molecule has 0 amide bonds. The molecule has 0 bridgehead atoms. The summed E-state index contributed by atoms with van der Waals surface area (Å²) in [7, 11) is -4.29. The third kappa shape index (κ3) is 8.51. The van der Waals surface area contributed by atoms with Crippen LogP contribution in [0.15, 0.2) is 203 Å². The molecule has 62 heavy (non-hydrogen) atoms. The van der Waals surface area contributed by atoms with E-state index in [1.54, 1.807) is 0 Å². The van der Waals surface area contributed by atoms with E-state index in [1.165, 1.54) is 12.3 Å². The standard InChI is InChI=1S/C50H43ClN2O8S/c1-62(56,57)61-45-44(60-50(40-26-14-5-15-27-40,41-28-16-6-17-29-41)42-30-18-7-19-31-42)43(59-47(45)53-34-36(32-33-51)46(54)52-48(53)55)35-58-49(37-20-8-2-9-21-37,38-22-10-3-11-23-38)39-24-12-4-13-25-39/h2-34,43-45,47H,35H2,1H3,(H,52,54,55)/t43-,44-,45-,47-/m1/s1. The molecule has 1 fully saturated rings. The summed E-state index contributed by atoms with van der Waals surface area (Å²) in [6, 6.07) is 58.1. The zero-order valence-corrected chi connectivity index (χ0v) is 35.1. The first-order valence-corrected chi connectivity index (χ1v) is 22.2. The van der Waals surface area contributed by atoms with Gasteiger partial charge in [0.25, 0.3) is 15.7 Å². The molecule has 1 aromatic heterocycles. The second-order valence-electron chi connectivity index (χ2n) is 14.8. The first-order valence-electron chi connectivity index (χ1n) is 19.9. The smallest absolute Gasteiger partial charge is 0.330 e. The van der Waals surface area contributed by atoms with Crippen molar-refractivity contribution < 1.29 is 26.8 Å². The van der Waals surface area contributed by atoms with Crippen LogP contribution in [0.1, 0.15) is 45.2 Å². The molecule has 0 unspecified atom stereocenters. The predicted molar refractivity (Wildman–Crippen MR) is 239 cm³/mol. The van der Waals surface area contributed by atoms with Gasteiger partial charge in [-0.25, -0.2) is 4.79 Å². The normalized spacial score (nSPS) is 18.2. The van der Waals surface area contributed by atoms with Gasteiger partial charge in [-0.3, -0.25) is 18.5 Å². The van der Waals surface area contributed by atoms with Crippen molar-refractivity contribution in [2.75, 3.05) is 12.9 Å². The number of aromatic amines is 1. The van der Waals surface area contributed by atoms with E-state index in [0.717, 1.165) is 49.7 Å². The highest BCUT2D eigenvalue weighted by Gasteiger charge is 2.55. The van der Waals surface area contributed by atoms with Crippen molar-refractivity contribution in [2.24, 2.45) is 0 Å². The van der Waals surface area contributed by atoms with Gasteiger partial charge >= 0.3 is 5.69 Å². The molecule has 7 aromatic rings. The van der Waals surface area contributed by atoms with Gasteiger partial charge in [-0.2, -0.15) is 8.42 Å². The van der Waals surface area contributed by atoms with Gasteiger partial charge in [0.1, 0.15) is 23.4 Å². The van der Waals surface area contributed by atoms with E-state index in [4.69, 9.17) is 30.0 Å². The van der Waals surface area contributed by atoms with Crippen LogP contribution in [-0.4, -0.2) is 49.1 Å². The number of H-pyrrole nitrogens is 1. The molecule has 1 aliphatic heterocycles. The Morgan fingerprint density at radius 3 is 1.39 bits per heavy atom. The van der Waals surface area contributed by atoms with Gasteiger partial charge in [0, 0.05) is 11.7 Å². The third-order valence-electron chi connectivity index (χ3n) is 10.9. The summed E-state index contributed by atoms with van der Waals surface area (Å²) < 4.78 is 55.7. The molecule has 0 saturated carbocycles. The fourth-order valence-electron chi connectivity index (χ4n) is 8.29. The van der Waals surface area contributed by atoms with Crippen LogP contribution in [-0.2, 0) is 39.7 Å². The molecule has 8 rings (SSSR count). The third-order valence-corrected chi connectivity index (χ3v) is 11.6. The second-order valence-corrected chi connectivity index (χ2v) is 16.7. The molecule has 0 aliphatic carbocycles. The lowest BCUT2D eigenvalue weighted by atomic mass is 9.79. The van der Waals surface area contributed by atoms with Crippen molar-refractivity contribution >= 4 is 27.8 Å². The van der Waals surface area contributed by atoms with E-state index < -0.39 is 57.1 Å². The average Bonchev–Trinajstić information content (AvgIpc) is 3.62. The Balaban J connectivity index is 1.37. The van der Waals surface area contributed by atoms with Gasteiger partial charge in [0.2, 0.25) is 0 Å². The van der Waals surface area contributed by atoms with Crippen LogP contribution in [0.4, 0.5) is 0 Å². The van der Waals surface area contributed by atoms with Crippen molar-refractivity contribution in [3.8, 4) is 0 Å². The molecule has 0 spiro atoms. The highest BCUT2D eigenvalue weighted by molar-refractivity contribution is 7.86. The second kappa shape index (κ2) is 18.4. The summed E-state index contributed by atoms with van der Waals surface area (Å²) in [5.74, 6) is 0. The van der Waals surface area contributed by atoms with E-state index in [-0.39, 0.29) is 12.2 Å². The van der Waals surface area contributed by atoms with Crippen molar-refractivity contribution in [3.05, 3.63) is 254 Å². The summed E-state index contributed by atoms with van der Waals surface area (Å²) in [5.41, 5.74) is 1.54. The Morgan fingerprint density at radius 1 is 0.629 bits per heavy atom. The topological polar surface area (TPSA) is 126 Å². The van der Waals surface area contributed by atoms with Crippen LogP contribution < -0.4 is 11.2 Å². The molecule has 4 atom stereocenters. The molecule has 0 radical (unpaired) electrons. The van der Waals surface area contributed by atoms with Crippen molar-refractivity contribution in [1.82, 2.24) is 9.55 Å². The minimum absolute atomic E-state index is 0.0157. The zero-order valence-electron chi connectivity index (χ0n) is 33.6. The number of benzene rings is 6. The summed E-state index contributed by atoms with van der Waals surface area (Å²) >= 11 is 5.91. The number of rotatable bonds is 15. The van der Waals surface area contributed by atoms with Crippen LogP contribution in [0.25, 0.3) is 6.08 Å². The fourth-order valence-corrected chi connectivity index (χ4v) is 9.04. The van der Waals surface area contributed by atoms with Gasteiger partial charge in [0.15, 0.2) is 12.3 Å². The maximum Gasteiger partial charge on any atom is 0.330 e. The number of ether oxygens (including phenoxy) is 3. The first kappa shape index (κ1) is 42.5. The zero-order chi connectivity index (χ0) is 43.2. The minimum atomic E-state index is -4.29. The Kier molecular flexibility index (Phi) is 12.6. The van der Waals surface area contributed by atoms with Crippen LogP contribution in [0, 0.1) is 0 Å². The monoisotopic (exact) mass is 866 g/mol. The van der Waals surface area contributed by atoms with Crippen molar-refractivity contribution in [3.63, 3.8) is 0 Å². The number of hydrogen-bond donors (Lipinski definition) is 1. The Morgan fingerprint density at radius 2 is 1.02 bits per heavy atom. The molecule has 10 nitrogen and oxygen atoms in total. The van der Waals surface area contributed by atoms with E-state index in [1.807, 2.05) is 182 Å². The van der Waals surface area contributed by atoms with Gasteiger partial charge in [-0.05, 0) is 39.5 Å². The molecule has 2 heterocycles. The van der Waals surface area contributed by atoms with E-state index in [2.05, 4.69) is 4.98 Å². The van der Waals surface area contributed by atoms with Gasteiger partial charge in [-0.1, -0.05) is 194 Å². The number of hydrogen-bond acceptors (Lipinski definition) is 8. The van der Waals surface area contributed by atoms with E-state index >= 15 is 0 Å². The molecule has 1 N–H and O–H groups in total. The molecule has 12 heteroatoms. The minimum Gasteiger partial charge on any atom is -0.358 e. The number of aromatic nitrogens is 2. The van der Waals surface area contributed by atoms with Crippen LogP contribution in [0.5, 0.6) is 0 Å². The van der Waals surface area contributed by atoms with Crippen molar-refractivity contribution in [2.45, 2.75) is 35.7 Å². The molecular formula is C50H43ClN2O8S. The molecule has 314 valence electrons. The Bertz CT molecular complexity index is 2630. The number of halogens is 1. The highest BCUT2D eigenvalue weighted by atomic mass is 35.5. The lowest BCUT2D eigenvalue weighted by molar-refractivity contribution is -0.130. The summed E-state index contributed by atoms with van der Waals surface area (Å²) in [4.78, 5) is 29.1. The van der Waals surface area contributed by atoms with E-state index in [9.17, 15) is 18.0 Å². The molecule has 6 aromatic carbocycles. The lowest BCUT2D eigenvalue weighted by Gasteiger charge is -2.41. The average molecular weight is 867 g/mol. The fraction of sp³-hybridized carbons (Fsp3) is 0.160. The lowest BCUT2D eigenvalue weighted by Crippen LogP contribution is -2.48. The first-order chi connectivity index (χ1) is 30.1. The maximum absolute atomic E-state index is 13.8. The summed E-state index contributed by atoms with van der Waals surface area (Å²) in [6.07, 6.45) is -1.94. The number of nitrogens with zero attached hydrogens (tertiary/aromatic N) is 1. The van der Waals surface area contributed by atoms with Gasteiger partial charge < -0.3 is 14.2 Å². The maximum atomic E-state index is 13.8. The van der Waals surface area contributed by atoms with Crippen LogP contribution in [0.3, 0.4) is 0 Å². The largest absolute Gasteiger partial charge is 0.358 e. The molecular weight excluding hydrogens is 824 g/mol. The van der Waals surface area contributed by atoms with Gasteiger partial charge in [-0.15, -0.1) is 0 Å². The SMILES string of the molecule is CS(=O)(=O)O[C@@H]1[C@H](OC(c2ccccc2)(c2ccccc2)c2ccccc2)[C@@H](COC(c2ccccc2)(c2ccccc2)c2ccccc2)O[C@H]1n1cc(C=CCl)c(=O)[nH]c1=O. The molecule has 1 aliphatic rings. The Hall–Kier alpha value is -6.18. The van der Waals surface area contributed by atoms with Gasteiger partial charge in [0.05, 0.1) is 18.4 Å². The summed E-state index contributed by atoms with van der Waals surface area (Å²) in [5, 5.41) is 0. The number of nitrogens with one attached hydrogen (secondary N) is 1. The van der Waals surface area contributed by atoms with E-state index in [0.29, 0.717) is 0 Å². The quantitative estimate of drug-likeness (QED) is 0.0806. The Labute approximate surface area is 364 Å². The van der Waals surface area contributed by atoms with Crippen LogP contribution >= 0.6 is 11.6 Å². The molecule has 1 saturated heterocycles. The van der Waals surface area contributed by atoms with Crippen LogP contribution in [0.2, 0.25) is 0 Å². The predicted octanol–water partition coefficient (Wildman–Crippen LogP) is 8.37. The van der Waals surface area contributed by atoms with Crippen molar-refractivity contribution in [1.29, 1.82) is 0 Å². The highest BCUT2D eigenvalue weighted by Crippen LogP contribution is 2.47.